The Hall–Kier alpha value is 0.270. The van der Waals surface area contributed by atoms with E-state index in [0.717, 1.165) is 11.3 Å². The molecule has 2 atom stereocenters. The van der Waals surface area contributed by atoms with Gasteiger partial charge in [0.15, 0.2) is 0 Å². The van der Waals surface area contributed by atoms with Crippen LogP contribution in [-0.4, -0.2) is 36.7 Å². The van der Waals surface area contributed by atoms with Crippen LogP contribution in [0.1, 0.15) is 6.42 Å². The van der Waals surface area contributed by atoms with Crippen LogP contribution in [0.2, 0.25) is 0 Å². The highest BCUT2D eigenvalue weighted by molar-refractivity contribution is 8.00. The number of nitrogens with one attached hydrogen (secondary N) is 2. The molecule has 2 rings (SSSR count). The molecule has 2 heterocycles. The molecule has 0 aliphatic carbocycles. The zero-order chi connectivity index (χ0) is 6.81. The van der Waals surface area contributed by atoms with Crippen LogP contribution in [0.4, 0.5) is 0 Å². The number of fused-ring (bicyclic) bond motifs is 1. The third kappa shape index (κ3) is 1.31. The van der Waals surface area contributed by atoms with Gasteiger partial charge >= 0.3 is 0 Å². The van der Waals surface area contributed by atoms with Crippen molar-refractivity contribution in [2.75, 3.05) is 25.4 Å². The molecule has 2 saturated heterocycles. The van der Waals surface area contributed by atoms with Gasteiger partial charge in [-0.1, -0.05) is 0 Å². The fraction of sp³-hybridized carbons (Fsp3) is 1.00. The van der Waals surface area contributed by atoms with Crippen molar-refractivity contribution in [2.45, 2.75) is 17.7 Å². The first kappa shape index (κ1) is 6.95. The lowest BCUT2D eigenvalue weighted by Gasteiger charge is -2.36. The van der Waals surface area contributed by atoms with E-state index in [-0.39, 0.29) is 0 Å². The van der Waals surface area contributed by atoms with Crippen LogP contribution in [-0.2, 0) is 0 Å². The van der Waals surface area contributed by atoms with Crippen molar-refractivity contribution in [1.82, 2.24) is 10.6 Å². The Morgan fingerprint density at radius 3 is 3.20 bits per heavy atom. The summed E-state index contributed by atoms with van der Waals surface area (Å²) >= 11 is 2.12. The van der Waals surface area contributed by atoms with Gasteiger partial charge in [0, 0.05) is 30.1 Å². The molecular weight excluding hydrogens is 144 g/mol. The molecule has 58 valence electrons. The van der Waals surface area contributed by atoms with Gasteiger partial charge in [0.25, 0.3) is 0 Å². The van der Waals surface area contributed by atoms with Crippen LogP contribution in [0.3, 0.4) is 0 Å². The standard InChI is InChI=1S/C7H14N2S/c1-2-8-5-7-6(1)9-3-4-10-7/h6-9H,1-5H2. The summed E-state index contributed by atoms with van der Waals surface area (Å²) in [4.78, 5) is 0. The van der Waals surface area contributed by atoms with Gasteiger partial charge in [-0.15, -0.1) is 0 Å². The van der Waals surface area contributed by atoms with Gasteiger partial charge in [-0.2, -0.15) is 11.8 Å². The normalized spacial score (nSPS) is 40.8. The summed E-state index contributed by atoms with van der Waals surface area (Å²) in [5.74, 6) is 1.29. The van der Waals surface area contributed by atoms with Gasteiger partial charge in [0.2, 0.25) is 0 Å². The Labute approximate surface area is 66.1 Å². The lowest BCUT2D eigenvalue weighted by atomic mass is 10.1. The zero-order valence-electron chi connectivity index (χ0n) is 6.10. The van der Waals surface area contributed by atoms with Gasteiger partial charge in [-0.25, -0.2) is 0 Å². The van der Waals surface area contributed by atoms with Gasteiger partial charge < -0.3 is 10.6 Å². The first-order valence-corrected chi connectivity index (χ1v) is 5.07. The Bertz CT molecular complexity index is 92.2. The van der Waals surface area contributed by atoms with Gasteiger partial charge in [-0.05, 0) is 13.0 Å². The van der Waals surface area contributed by atoms with E-state index < -0.39 is 0 Å². The van der Waals surface area contributed by atoms with Crippen LogP contribution >= 0.6 is 11.8 Å². The third-order valence-corrected chi connectivity index (χ3v) is 3.63. The maximum Gasteiger partial charge on any atom is 0.0326 e. The highest BCUT2D eigenvalue weighted by Crippen LogP contribution is 2.21. The molecule has 2 N–H and O–H groups in total. The topological polar surface area (TPSA) is 24.1 Å². The second-order valence-electron chi connectivity index (χ2n) is 2.96. The highest BCUT2D eigenvalue weighted by atomic mass is 32.2. The Balaban J connectivity index is 1.93. The van der Waals surface area contributed by atoms with Gasteiger partial charge in [0.1, 0.15) is 0 Å². The molecule has 2 aliphatic rings. The molecule has 0 spiro atoms. The zero-order valence-corrected chi connectivity index (χ0v) is 6.91. The molecule has 2 fully saturated rings. The van der Waals surface area contributed by atoms with Crippen LogP contribution in [0.25, 0.3) is 0 Å². The number of hydrogen-bond donors (Lipinski definition) is 2. The summed E-state index contributed by atoms with van der Waals surface area (Å²) in [6.07, 6.45) is 1.32. The van der Waals surface area contributed by atoms with Crippen LogP contribution < -0.4 is 10.6 Å². The number of hydrogen-bond acceptors (Lipinski definition) is 3. The smallest absolute Gasteiger partial charge is 0.0326 e. The lowest BCUT2D eigenvalue weighted by molar-refractivity contribution is 0.397. The van der Waals surface area contributed by atoms with E-state index in [1.165, 1.54) is 31.8 Å². The van der Waals surface area contributed by atoms with Crippen molar-refractivity contribution in [3.05, 3.63) is 0 Å². The average molecular weight is 158 g/mol. The molecule has 3 heteroatoms. The maximum atomic E-state index is 3.56. The summed E-state index contributed by atoms with van der Waals surface area (Å²) in [7, 11) is 0. The summed E-state index contributed by atoms with van der Waals surface area (Å²) in [5.41, 5.74) is 0. The largest absolute Gasteiger partial charge is 0.316 e. The highest BCUT2D eigenvalue weighted by Gasteiger charge is 2.27. The first-order valence-electron chi connectivity index (χ1n) is 4.02. The average Bonchev–Trinajstić information content (AvgIpc) is 2.05. The monoisotopic (exact) mass is 158 g/mol. The predicted octanol–water partition coefficient (Wildman–Crippen LogP) is 0.0533. The molecule has 0 saturated carbocycles. The molecule has 0 bridgehead atoms. The molecular formula is C7H14N2S. The lowest BCUT2D eigenvalue weighted by Crippen LogP contribution is -2.52. The van der Waals surface area contributed by atoms with E-state index in [2.05, 4.69) is 22.4 Å². The molecule has 2 nitrogen and oxygen atoms in total. The molecule has 0 aromatic carbocycles. The summed E-state index contributed by atoms with van der Waals surface area (Å²) < 4.78 is 0. The van der Waals surface area contributed by atoms with Crippen molar-refractivity contribution >= 4 is 11.8 Å². The Morgan fingerprint density at radius 1 is 1.30 bits per heavy atom. The molecule has 2 aliphatic heterocycles. The van der Waals surface area contributed by atoms with Crippen molar-refractivity contribution in [3.63, 3.8) is 0 Å². The summed E-state index contributed by atoms with van der Waals surface area (Å²) in [5, 5.41) is 7.83. The molecule has 0 radical (unpaired) electrons. The van der Waals surface area contributed by atoms with Crippen molar-refractivity contribution in [3.8, 4) is 0 Å². The quantitative estimate of drug-likeness (QED) is 0.521. The summed E-state index contributed by atoms with van der Waals surface area (Å²) in [6, 6.07) is 0.806. The Morgan fingerprint density at radius 2 is 2.30 bits per heavy atom. The van der Waals surface area contributed by atoms with E-state index in [9.17, 15) is 0 Å². The van der Waals surface area contributed by atoms with Crippen molar-refractivity contribution in [1.29, 1.82) is 0 Å². The number of thioether (sulfide) groups is 1. The second kappa shape index (κ2) is 3.11. The molecule has 0 aromatic rings. The van der Waals surface area contributed by atoms with Crippen LogP contribution in [0, 0.1) is 0 Å². The minimum absolute atomic E-state index is 0.806. The number of piperidine rings is 1. The van der Waals surface area contributed by atoms with Gasteiger partial charge in [0.05, 0.1) is 0 Å². The number of rotatable bonds is 0. The van der Waals surface area contributed by atoms with Gasteiger partial charge in [-0.3, -0.25) is 0 Å². The Kier molecular flexibility index (Phi) is 2.16. The first-order chi connectivity index (χ1) is 4.97. The van der Waals surface area contributed by atoms with E-state index >= 15 is 0 Å². The molecule has 0 amide bonds. The second-order valence-corrected chi connectivity index (χ2v) is 4.31. The maximum absolute atomic E-state index is 3.56. The van der Waals surface area contributed by atoms with Crippen LogP contribution in [0.5, 0.6) is 0 Å². The van der Waals surface area contributed by atoms with Crippen molar-refractivity contribution in [2.24, 2.45) is 0 Å². The van der Waals surface area contributed by atoms with Crippen molar-refractivity contribution < 1.29 is 0 Å². The van der Waals surface area contributed by atoms with E-state index in [1.54, 1.807) is 0 Å². The van der Waals surface area contributed by atoms with E-state index in [4.69, 9.17) is 0 Å². The minimum Gasteiger partial charge on any atom is -0.316 e. The third-order valence-electron chi connectivity index (χ3n) is 2.27. The predicted molar refractivity (Wildman–Crippen MR) is 45.5 cm³/mol. The van der Waals surface area contributed by atoms with E-state index in [0.29, 0.717) is 0 Å². The summed E-state index contributed by atoms with van der Waals surface area (Å²) in [6.45, 7) is 3.63. The fourth-order valence-electron chi connectivity index (χ4n) is 1.69. The van der Waals surface area contributed by atoms with E-state index in [1.807, 2.05) is 0 Å². The fourth-order valence-corrected chi connectivity index (χ4v) is 2.93. The van der Waals surface area contributed by atoms with Crippen LogP contribution in [0.15, 0.2) is 0 Å². The molecule has 10 heavy (non-hydrogen) atoms. The molecule has 2 unspecified atom stereocenters. The molecule has 0 aromatic heterocycles. The minimum atomic E-state index is 0.806. The SMILES string of the molecule is C1CC2NCCSC2CN1.